The number of amides is 4. The summed E-state index contributed by atoms with van der Waals surface area (Å²) in [7, 11) is 0. The van der Waals surface area contributed by atoms with E-state index in [0.717, 1.165) is 21.2 Å². The van der Waals surface area contributed by atoms with Gasteiger partial charge in [0.05, 0.1) is 0 Å². The molecule has 6 heteroatoms. The van der Waals surface area contributed by atoms with Gasteiger partial charge in [-0.15, -0.1) is 6.58 Å². The lowest BCUT2D eigenvalue weighted by Crippen LogP contribution is -2.32. The van der Waals surface area contributed by atoms with Gasteiger partial charge in [-0.3, -0.25) is 14.5 Å². The van der Waals surface area contributed by atoms with Gasteiger partial charge in [0.2, 0.25) is 0 Å². The average molecular weight is 242 g/mol. The van der Waals surface area contributed by atoms with Gasteiger partial charge in [-0.1, -0.05) is 6.08 Å². The van der Waals surface area contributed by atoms with Crippen molar-refractivity contribution in [1.82, 2.24) is 9.21 Å². The predicted octanol–water partition coefficient (Wildman–Crippen LogP) is 1.41. The molecule has 1 fully saturated rings. The first-order chi connectivity index (χ1) is 7.28. The first-order valence-corrected chi connectivity index (χ1v) is 5.55. The van der Waals surface area contributed by atoms with Gasteiger partial charge in [0.1, 0.15) is 0 Å². The number of hydrogen-bond donors (Lipinski definition) is 0. The van der Waals surface area contributed by atoms with E-state index in [1.807, 2.05) is 20.8 Å². The van der Waals surface area contributed by atoms with Crippen molar-refractivity contribution in [2.75, 3.05) is 6.54 Å². The van der Waals surface area contributed by atoms with E-state index in [1.54, 1.807) is 0 Å². The predicted molar refractivity (Wildman–Crippen MR) is 61.5 cm³/mol. The lowest BCUT2D eigenvalue weighted by molar-refractivity contribution is -0.141. The lowest BCUT2D eigenvalue weighted by atomic mass is 10.3. The van der Waals surface area contributed by atoms with Crippen LogP contribution >= 0.6 is 11.9 Å². The van der Waals surface area contributed by atoms with Crippen LogP contribution < -0.4 is 0 Å². The molecule has 0 aromatic carbocycles. The maximum atomic E-state index is 11.7. The molecule has 1 aliphatic rings. The molecule has 0 saturated carbocycles. The molecular formula is C10H14N2O3S. The summed E-state index contributed by atoms with van der Waals surface area (Å²) in [4.78, 5) is 35.6. The molecule has 1 aliphatic heterocycles. The van der Waals surface area contributed by atoms with Crippen LogP contribution in [0.5, 0.6) is 0 Å². The molecule has 0 N–H and O–H groups in total. The highest BCUT2D eigenvalue weighted by Crippen LogP contribution is 2.31. The Labute approximate surface area is 98.6 Å². The molecule has 0 aromatic rings. The molecular weight excluding hydrogens is 228 g/mol. The molecule has 1 rings (SSSR count). The highest BCUT2D eigenvalue weighted by atomic mass is 32.2. The fraction of sp³-hybridized carbons (Fsp3) is 0.500. The first kappa shape index (κ1) is 12.8. The van der Waals surface area contributed by atoms with E-state index < -0.39 is 17.8 Å². The third kappa shape index (κ3) is 2.44. The van der Waals surface area contributed by atoms with Crippen LogP contribution in [-0.2, 0) is 9.59 Å². The molecule has 0 bridgehead atoms. The minimum Gasteiger partial charge on any atom is -0.263 e. The standard InChI is InChI=1S/C10H14N2O3S/c1-5-6-11-7(13)8(14)12(9(11)15)16-10(2,3)4/h5H,1,6H2,2-4H3. The van der Waals surface area contributed by atoms with Crippen LogP contribution in [0.15, 0.2) is 12.7 Å². The van der Waals surface area contributed by atoms with E-state index in [0.29, 0.717) is 0 Å². The van der Waals surface area contributed by atoms with E-state index in [4.69, 9.17) is 0 Å². The highest BCUT2D eigenvalue weighted by molar-refractivity contribution is 7.99. The van der Waals surface area contributed by atoms with Gasteiger partial charge in [-0.2, -0.15) is 4.31 Å². The van der Waals surface area contributed by atoms with Crippen LogP contribution in [0.4, 0.5) is 4.79 Å². The summed E-state index contributed by atoms with van der Waals surface area (Å²) in [6.07, 6.45) is 1.41. The average Bonchev–Trinajstić information content (AvgIpc) is 2.33. The van der Waals surface area contributed by atoms with Gasteiger partial charge < -0.3 is 0 Å². The van der Waals surface area contributed by atoms with Gasteiger partial charge in [-0.05, 0) is 32.7 Å². The van der Waals surface area contributed by atoms with Crippen molar-refractivity contribution in [3.05, 3.63) is 12.7 Å². The van der Waals surface area contributed by atoms with Crippen LogP contribution in [-0.4, -0.2) is 38.3 Å². The van der Waals surface area contributed by atoms with Crippen molar-refractivity contribution >= 4 is 29.8 Å². The zero-order valence-electron chi connectivity index (χ0n) is 9.52. The molecule has 0 unspecified atom stereocenters. The highest BCUT2D eigenvalue weighted by Gasteiger charge is 2.45. The smallest absolute Gasteiger partial charge is 0.263 e. The normalized spacial score (nSPS) is 17.3. The molecule has 0 radical (unpaired) electrons. The monoisotopic (exact) mass is 242 g/mol. The summed E-state index contributed by atoms with van der Waals surface area (Å²) in [6.45, 7) is 9.08. The van der Waals surface area contributed by atoms with Gasteiger partial charge in [0.25, 0.3) is 0 Å². The minimum atomic E-state index is -0.790. The maximum Gasteiger partial charge on any atom is 0.344 e. The number of rotatable bonds is 3. The largest absolute Gasteiger partial charge is 0.344 e. The van der Waals surface area contributed by atoms with Crippen molar-refractivity contribution in [1.29, 1.82) is 0 Å². The zero-order valence-corrected chi connectivity index (χ0v) is 10.3. The van der Waals surface area contributed by atoms with Crippen LogP contribution in [0.2, 0.25) is 0 Å². The van der Waals surface area contributed by atoms with E-state index in [-0.39, 0.29) is 11.3 Å². The number of nitrogens with zero attached hydrogens (tertiary/aromatic N) is 2. The van der Waals surface area contributed by atoms with Crippen LogP contribution in [0.3, 0.4) is 0 Å². The molecule has 16 heavy (non-hydrogen) atoms. The van der Waals surface area contributed by atoms with Gasteiger partial charge in [-0.25, -0.2) is 4.79 Å². The molecule has 5 nitrogen and oxygen atoms in total. The summed E-state index contributed by atoms with van der Waals surface area (Å²) in [5.41, 5.74) is 0. The number of urea groups is 1. The van der Waals surface area contributed by atoms with Crippen LogP contribution in [0.25, 0.3) is 0 Å². The van der Waals surface area contributed by atoms with Crippen molar-refractivity contribution in [3.63, 3.8) is 0 Å². The SMILES string of the molecule is C=CCN1C(=O)C(=O)N(SC(C)(C)C)C1=O. The van der Waals surface area contributed by atoms with Crippen molar-refractivity contribution in [2.45, 2.75) is 25.5 Å². The Hall–Kier alpha value is -1.30. The first-order valence-electron chi connectivity index (χ1n) is 4.78. The Bertz CT molecular complexity index is 360. The number of hydrogen-bond acceptors (Lipinski definition) is 4. The molecule has 88 valence electrons. The summed E-state index contributed by atoms with van der Waals surface area (Å²) >= 11 is 1.05. The van der Waals surface area contributed by atoms with Crippen molar-refractivity contribution < 1.29 is 14.4 Å². The second-order valence-corrected chi connectivity index (χ2v) is 6.06. The molecule has 0 atom stereocenters. The molecule has 4 amide bonds. The Morgan fingerprint density at radius 3 is 2.25 bits per heavy atom. The lowest BCUT2D eigenvalue weighted by Gasteiger charge is -2.22. The summed E-state index contributed by atoms with van der Waals surface area (Å²) in [5, 5.41) is 0. The molecule has 0 aromatic heterocycles. The summed E-state index contributed by atoms with van der Waals surface area (Å²) < 4.78 is 0.599. The van der Waals surface area contributed by atoms with E-state index >= 15 is 0 Å². The molecule has 1 saturated heterocycles. The summed E-state index contributed by atoms with van der Waals surface area (Å²) in [5.74, 6) is -1.58. The van der Waals surface area contributed by atoms with Crippen molar-refractivity contribution in [3.8, 4) is 0 Å². The van der Waals surface area contributed by atoms with Crippen molar-refractivity contribution in [2.24, 2.45) is 0 Å². The van der Waals surface area contributed by atoms with E-state index in [9.17, 15) is 14.4 Å². The third-order valence-corrected chi connectivity index (χ3v) is 2.75. The van der Waals surface area contributed by atoms with Crippen LogP contribution in [0, 0.1) is 0 Å². The Balaban J connectivity index is 2.89. The molecule has 0 spiro atoms. The number of carbonyl (C=O) groups is 3. The second-order valence-electron chi connectivity index (χ2n) is 4.29. The fourth-order valence-corrected chi connectivity index (χ4v) is 2.02. The molecule has 1 heterocycles. The van der Waals surface area contributed by atoms with Crippen LogP contribution in [0.1, 0.15) is 20.8 Å². The Kier molecular flexibility index (Phi) is 3.42. The van der Waals surface area contributed by atoms with E-state index in [2.05, 4.69) is 6.58 Å². The number of carbonyl (C=O) groups excluding carboxylic acids is 3. The van der Waals surface area contributed by atoms with Gasteiger partial charge >= 0.3 is 17.8 Å². The zero-order chi connectivity index (χ0) is 12.5. The quantitative estimate of drug-likeness (QED) is 0.325. The second kappa shape index (κ2) is 4.29. The van der Waals surface area contributed by atoms with E-state index in [1.165, 1.54) is 6.08 Å². The minimum absolute atomic E-state index is 0.0601. The third-order valence-electron chi connectivity index (χ3n) is 1.69. The number of imide groups is 2. The Morgan fingerprint density at radius 2 is 1.81 bits per heavy atom. The molecule has 0 aliphatic carbocycles. The topological polar surface area (TPSA) is 57.7 Å². The fourth-order valence-electron chi connectivity index (χ4n) is 1.13. The summed E-state index contributed by atoms with van der Waals surface area (Å²) in [6, 6.07) is -0.588. The Morgan fingerprint density at radius 1 is 1.25 bits per heavy atom. The van der Waals surface area contributed by atoms with Gasteiger partial charge in [0.15, 0.2) is 0 Å². The van der Waals surface area contributed by atoms with Gasteiger partial charge in [0, 0.05) is 11.3 Å². The maximum absolute atomic E-state index is 11.7.